The van der Waals surface area contributed by atoms with Gasteiger partial charge in [-0.2, -0.15) is 5.26 Å². The van der Waals surface area contributed by atoms with Crippen LogP contribution in [0.4, 0.5) is 17.5 Å². The Kier molecular flexibility index (Phi) is 6.28. The Hall–Kier alpha value is -4.30. The summed E-state index contributed by atoms with van der Waals surface area (Å²) in [5, 5.41) is 21.2. The average Bonchev–Trinajstić information content (AvgIpc) is 2.83. The molecule has 1 aliphatic heterocycles. The van der Waals surface area contributed by atoms with Gasteiger partial charge in [0.25, 0.3) is 0 Å². The minimum absolute atomic E-state index is 0.0576. The van der Waals surface area contributed by atoms with Crippen LogP contribution < -0.4 is 21.7 Å². The van der Waals surface area contributed by atoms with Crippen LogP contribution >= 0.6 is 0 Å². The van der Waals surface area contributed by atoms with Crippen molar-refractivity contribution in [1.29, 1.82) is 5.26 Å². The Bertz CT molecular complexity index is 1210. The minimum atomic E-state index is -1.26. The third-order valence-corrected chi connectivity index (χ3v) is 5.34. The fourth-order valence-electron chi connectivity index (χ4n) is 3.66. The molecule has 3 aromatic rings. The molecule has 1 aliphatic rings. The van der Waals surface area contributed by atoms with Gasteiger partial charge in [0.1, 0.15) is 6.07 Å². The molecule has 168 valence electrons. The fourth-order valence-corrected chi connectivity index (χ4v) is 3.66. The third kappa shape index (κ3) is 4.97. The lowest BCUT2D eigenvalue weighted by Crippen LogP contribution is -2.43. The van der Waals surface area contributed by atoms with Crippen LogP contribution in [-0.2, 0) is 6.54 Å². The Labute approximate surface area is 190 Å². The van der Waals surface area contributed by atoms with E-state index in [9.17, 15) is 9.90 Å². The maximum atomic E-state index is 11.4. The summed E-state index contributed by atoms with van der Waals surface area (Å²) in [4.78, 5) is 30.3. The summed E-state index contributed by atoms with van der Waals surface area (Å²) >= 11 is 0. The van der Waals surface area contributed by atoms with Gasteiger partial charge in [-0.1, -0.05) is 24.3 Å². The highest BCUT2D eigenvalue weighted by atomic mass is 16.4. The first-order chi connectivity index (χ1) is 15.9. The number of nitrogens with zero attached hydrogens (tertiary/aromatic N) is 6. The van der Waals surface area contributed by atoms with Crippen LogP contribution in [0.1, 0.15) is 34.6 Å². The highest BCUT2D eigenvalue weighted by Crippen LogP contribution is 2.26. The molecule has 11 nitrogen and oxygen atoms in total. The van der Waals surface area contributed by atoms with Crippen LogP contribution in [0.2, 0.25) is 0 Å². The fraction of sp³-hybridized carbons (Fsp3) is 0.273. The van der Waals surface area contributed by atoms with Crippen molar-refractivity contribution in [3.8, 4) is 17.3 Å². The topological polar surface area (TPSA) is 180 Å². The van der Waals surface area contributed by atoms with Crippen molar-refractivity contribution in [2.45, 2.75) is 25.4 Å². The number of anilines is 3. The van der Waals surface area contributed by atoms with Crippen molar-refractivity contribution in [3.63, 3.8) is 0 Å². The number of aromatic nitrogens is 4. The molecule has 0 bridgehead atoms. The number of hydrogen-bond acceptors (Lipinski definition) is 10. The van der Waals surface area contributed by atoms with E-state index in [0.717, 1.165) is 30.5 Å². The molecule has 1 atom stereocenters. The second kappa shape index (κ2) is 9.46. The molecule has 33 heavy (non-hydrogen) atoms. The second-order valence-corrected chi connectivity index (χ2v) is 7.73. The van der Waals surface area contributed by atoms with Gasteiger partial charge < -0.3 is 26.8 Å². The zero-order valence-electron chi connectivity index (χ0n) is 17.8. The molecule has 0 unspecified atom stereocenters. The van der Waals surface area contributed by atoms with Crippen molar-refractivity contribution in [3.05, 3.63) is 53.6 Å². The van der Waals surface area contributed by atoms with E-state index in [1.165, 1.54) is 6.20 Å². The molecular formula is C22H23N9O2. The van der Waals surface area contributed by atoms with Gasteiger partial charge in [0, 0.05) is 31.2 Å². The molecule has 2 aromatic heterocycles. The zero-order chi connectivity index (χ0) is 23.4. The van der Waals surface area contributed by atoms with Crippen LogP contribution in [0, 0.1) is 11.3 Å². The van der Waals surface area contributed by atoms with Crippen molar-refractivity contribution in [2.75, 3.05) is 29.0 Å². The standard InChI is InChI=1S/C22H23N9O2/c23-8-16-10-28-20(18(29-16)22(32)33)27-9-13-3-5-14(6-4-13)17-11-26-19(25)21(30-17)31-7-1-2-15(24)12-31/h3-6,10-11,15H,1-2,7,9,12,24H2,(H2,25,26)(H,27,28)(H,32,33)/t15-/m0/s1. The monoisotopic (exact) mass is 445 g/mol. The predicted octanol–water partition coefficient (Wildman–Crippen LogP) is 1.63. The number of carbonyl (C=O) groups is 1. The summed E-state index contributed by atoms with van der Waals surface area (Å²) < 4.78 is 0. The minimum Gasteiger partial charge on any atom is -0.476 e. The number of nitrogen functional groups attached to an aromatic ring is 1. The molecule has 0 aliphatic carbocycles. The van der Waals surface area contributed by atoms with Gasteiger partial charge in [0.2, 0.25) is 0 Å². The van der Waals surface area contributed by atoms with E-state index >= 15 is 0 Å². The van der Waals surface area contributed by atoms with E-state index in [0.29, 0.717) is 30.4 Å². The second-order valence-electron chi connectivity index (χ2n) is 7.73. The Balaban J connectivity index is 1.49. The molecule has 1 saturated heterocycles. The molecule has 0 spiro atoms. The Morgan fingerprint density at radius 3 is 2.73 bits per heavy atom. The van der Waals surface area contributed by atoms with E-state index in [1.54, 1.807) is 12.3 Å². The van der Waals surface area contributed by atoms with Gasteiger partial charge in [-0.3, -0.25) is 0 Å². The highest BCUT2D eigenvalue weighted by molar-refractivity contribution is 5.90. The van der Waals surface area contributed by atoms with Crippen LogP contribution in [0.25, 0.3) is 11.3 Å². The van der Waals surface area contributed by atoms with Gasteiger partial charge in [0.05, 0.1) is 18.1 Å². The molecule has 1 aromatic carbocycles. The highest BCUT2D eigenvalue weighted by Gasteiger charge is 2.21. The van der Waals surface area contributed by atoms with E-state index in [2.05, 4.69) is 25.2 Å². The molecule has 0 saturated carbocycles. The van der Waals surface area contributed by atoms with Gasteiger partial charge in [-0.25, -0.2) is 24.7 Å². The van der Waals surface area contributed by atoms with E-state index in [-0.39, 0.29) is 23.2 Å². The molecule has 4 rings (SSSR count). The first-order valence-electron chi connectivity index (χ1n) is 10.4. The number of carboxylic acids is 1. The molecular weight excluding hydrogens is 422 g/mol. The normalized spacial score (nSPS) is 15.6. The molecule has 1 fully saturated rings. The molecule has 3 heterocycles. The first kappa shape index (κ1) is 21.9. The van der Waals surface area contributed by atoms with Crippen LogP contribution in [-0.4, -0.2) is 50.1 Å². The van der Waals surface area contributed by atoms with E-state index in [1.807, 2.05) is 24.3 Å². The predicted molar refractivity (Wildman–Crippen MR) is 122 cm³/mol. The van der Waals surface area contributed by atoms with Gasteiger partial charge >= 0.3 is 5.97 Å². The smallest absolute Gasteiger partial charge is 0.358 e. The number of rotatable bonds is 6. The maximum Gasteiger partial charge on any atom is 0.358 e. The van der Waals surface area contributed by atoms with Gasteiger partial charge in [0.15, 0.2) is 28.8 Å². The number of nitrogens with one attached hydrogen (secondary N) is 1. The Morgan fingerprint density at radius 1 is 1.24 bits per heavy atom. The first-order valence-corrected chi connectivity index (χ1v) is 10.4. The quantitative estimate of drug-likeness (QED) is 0.433. The molecule has 11 heteroatoms. The Morgan fingerprint density at radius 2 is 2.03 bits per heavy atom. The number of piperidine rings is 1. The lowest BCUT2D eigenvalue weighted by atomic mass is 10.1. The lowest BCUT2D eigenvalue weighted by Gasteiger charge is -2.32. The van der Waals surface area contributed by atoms with Gasteiger partial charge in [-0.15, -0.1) is 0 Å². The summed E-state index contributed by atoms with van der Waals surface area (Å²) in [5.41, 5.74) is 14.3. The van der Waals surface area contributed by atoms with Crippen molar-refractivity contribution < 1.29 is 9.90 Å². The zero-order valence-corrected chi connectivity index (χ0v) is 17.8. The number of benzene rings is 1. The van der Waals surface area contributed by atoms with Crippen LogP contribution in [0.5, 0.6) is 0 Å². The number of hydrogen-bond donors (Lipinski definition) is 4. The lowest BCUT2D eigenvalue weighted by molar-refractivity contribution is 0.0691. The number of carboxylic acid groups (broad SMARTS) is 1. The van der Waals surface area contributed by atoms with Gasteiger partial charge in [-0.05, 0) is 18.4 Å². The largest absolute Gasteiger partial charge is 0.476 e. The molecule has 0 amide bonds. The maximum absolute atomic E-state index is 11.4. The third-order valence-electron chi connectivity index (χ3n) is 5.34. The number of nitriles is 1. The van der Waals surface area contributed by atoms with Crippen molar-refractivity contribution >= 4 is 23.4 Å². The summed E-state index contributed by atoms with van der Waals surface area (Å²) in [5.74, 6) is -0.135. The summed E-state index contributed by atoms with van der Waals surface area (Å²) in [6, 6.07) is 9.49. The van der Waals surface area contributed by atoms with E-state index < -0.39 is 5.97 Å². The number of aromatic carboxylic acids is 1. The van der Waals surface area contributed by atoms with E-state index in [4.69, 9.17) is 21.7 Å². The average molecular weight is 445 g/mol. The van der Waals surface area contributed by atoms with Crippen LogP contribution in [0.15, 0.2) is 36.7 Å². The van der Waals surface area contributed by atoms with Crippen molar-refractivity contribution in [1.82, 2.24) is 19.9 Å². The number of nitrogens with two attached hydrogens (primary N) is 2. The summed E-state index contributed by atoms with van der Waals surface area (Å²) in [7, 11) is 0. The summed E-state index contributed by atoms with van der Waals surface area (Å²) in [6.45, 7) is 1.87. The molecule has 6 N–H and O–H groups in total. The summed E-state index contributed by atoms with van der Waals surface area (Å²) in [6.07, 6.45) is 4.84. The molecule has 0 radical (unpaired) electrons. The van der Waals surface area contributed by atoms with Crippen molar-refractivity contribution in [2.24, 2.45) is 5.73 Å². The van der Waals surface area contributed by atoms with Crippen LogP contribution in [0.3, 0.4) is 0 Å². The SMILES string of the molecule is N#Cc1cnc(NCc2ccc(-c3cnc(N)c(N4CCC[C@H](N)C4)n3)cc2)c(C(=O)O)n1.